The number of ether oxygens (including phenoxy) is 1. The van der Waals surface area contributed by atoms with Crippen LogP contribution in [0, 0.1) is 13.8 Å². The second kappa shape index (κ2) is 14.2. The second-order valence-corrected chi connectivity index (χ2v) is 12.0. The molecule has 0 saturated carbocycles. The van der Waals surface area contributed by atoms with Gasteiger partial charge in [0.2, 0.25) is 11.8 Å². The summed E-state index contributed by atoms with van der Waals surface area (Å²) in [6, 6.07) is 19.8. The molecule has 8 nitrogen and oxygen atoms in total. The van der Waals surface area contributed by atoms with E-state index >= 15 is 0 Å². The molecule has 0 heterocycles. The average Bonchev–Trinajstić information content (AvgIpc) is 2.97. The van der Waals surface area contributed by atoms with Gasteiger partial charge in [0.15, 0.2) is 0 Å². The van der Waals surface area contributed by atoms with Crippen LogP contribution in [0.15, 0.2) is 77.7 Å². The first kappa shape index (κ1) is 31.7. The number of amides is 2. The summed E-state index contributed by atoms with van der Waals surface area (Å²) in [6.07, 6.45) is 1.10. The zero-order valence-corrected chi connectivity index (χ0v) is 25.6. The van der Waals surface area contributed by atoms with Gasteiger partial charge in [0.1, 0.15) is 18.3 Å². The lowest BCUT2D eigenvalue weighted by Crippen LogP contribution is -2.53. The number of anilines is 1. The van der Waals surface area contributed by atoms with Gasteiger partial charge in [-0.3, -0.25) is 13.9 Å². The molecule has 9 heteroatoms. The summed E-state index contributed by atoms with van der Waals surface area (Å²) < 4.78 is 34.4. The van der Waals surface area contributed by atoms with Gasteiger partial charge in [-0.1, -0.05) is 56.3 Å². The van der Waals surface area contributed by atoms with Crippen molar-refractivity contribution >= 4 is 27.5 Å². The second-order valence-electron chi connectivity index (χ2n) is 10.2. The summed E-state index contributed by atoms with van der Waals surface area (Å²) in [4.78, 5) is 29.2. The first-order valence-corrected chi connectivity index (χ1v) is 15.3. The molecule has 0 saturated heterocycles. The molecule has 3 aromatic carbocycles. The van der Waals surface area contributed by atoms with Crippen molar-refractivity contribution in [1.29, 1.82) is 0 Å². The highest BCUT2D eigenvalue weighted by molar-refractivity contribution is 7.92. The predicted octanol–water partition coefficient (Wildman–Crippen LogP) is 5.23. The Balaban J connectivity index is 2.08. The van der Waals surface area contributed by atoms with Crippen LogP contribution in [0.4, 0.5) is 5.69 Å². The first-order chi connectivity index (χ1) is 19.5. The molecule has 0 unspecified atom stereocenters. The topological polar surface area (TPSA) is 96.0 Å². The standard InChI is InChI=1S/C32H41N3O5S/c1-7-24(4)33-32(37)29(8-2)34(21-26-17-19-27(40-6)20-18-26)31(36)22-35(30-16-12-13-23(3)25(30)5)41(38,39)28-14-10-9-11-15-28/h9-20,24,29H,7-8,21-22H2,1-6H3,(H,33,37)/t24-,29-/m0/s1. The van der Waals surface area contributed by atoms with E-state index in [2.05, 4.69) is 5.32 Å². The van der Waals surface area contributed by atoms with Gasteiger partial charge in [-0.15, -0.1) is 0 Å². The first-order valence-electron chi connectivity index (χ1n) is 13.9. The van der Waals surface area contributed by atoms with E-state index in [1.165, 1.54) is 17.0 Å². The van der Waals surface area contributed by atoms with Gasteiger partial charge < -0.3 is 15.0 Å². The quantitative estimate of drug-likeness (QED) is 0.299. The average molecular weight is 580 g/mol. The van der Waals surface area contributed by atoms with Crippen LogP contribution in [0.3, 0.4) is 0 Å². The molecule has 0 radical (unpaired) electrons. The van der Waals surface area contributed by atoms with Gasteiger partial charge in [-0.05, 0) is 80.6 Å². The van der Waals surface area contributed by atoms with Crippen molar-refractivity contribution in [2.45, 2.75) is 71.0 Å². The van der Waals surface area contributed by atoms with Crippen LogP contribution >= 0.6 is 0 Å². The fourth-order valence-corrected chi connectivity index (χ4v) is 6.02. The molecule has 3 aromatic rings. The molecule has 41 heavy (non-hydrogen) atoms. The molecular formula is C32H41N3O5S. The predicted molar refractivity (Wildman–Crippen MR) is 162 cm³/mol. The van der Waals surface area contributed by atoms with Crippen LogP contribution in [0.5, 0.6) is 5.75 Å². The number of hydrogen-bond donors (Lipinski definition) is 1. The van der Waals surface area contributed by atoms with Crippen molar-refractivity contribution in [2.24, 2.45) is 0 Å². The fourth-order valence-electron chi connectivity index (χ4n) is 4.53. The van der Waals surface area contributed by atoms with Gasteiger partial charge >= 0.3 is 0 Å². The van der Waals surface area contributed by atoms with Crippen LogP contribution in [-0.2, 0) is 26.2 Å². The molecular weight excluding hydrogens is 538 g/mol. The summed E-state index contributed by atoms with van der Waals surface area (Å²) in [5.74, 6) is -0.0801. The number of carbonyl (C=O) groups is 2. The highest BCUT2D eigenvalue weighted by Crippen LogP contribution is 2.29. The van der Waals surface area contributed by atoms with Crippen LogP contribution in [-0.4, -0.2) is 50.9 Å². The van der Waals surface area contributed by atoms with E-state index in [4.69, 9.17) is 4.74 Å². The van der Waals surface area contributed by atoms with Gasteiger partial charge in [0.05, 0.1) is 17.7 Å². The molecule has 0 aliphatic heterocycles. The Morgan fingerprint density at radius 1 is 0.902 bits per heavy atom. The summed E-state index contributed by atoms with van der Waals surface area (Å²) in [5, 5.41) is 2.99. The maximum absolute atomic E-state index is 14.2. The molecule has 0 fully saturated rings. The molecule has 0 aromatic heterocycles. The number of benzene rings is 3. The van der Waals surface area contributed by atoms with Crippen LogP contribution in [0.25, 0.3) is 0 Å². The van der Waals surface area contributed by atoms with Gasteiger partial charge in [-0.2, -0.15) is 0 Å². The number of carbonyl (C=O) groups excluding carboxylic acids is 2. The van der Waals surface area contributed by atoms with E-state index in [1.54, 1.807) is 49.6 Å². The van der Waals surface area contributed by atoms with E-state index in [1.807, 2.05) is 52.8 Å². The number of hydrogen-bond acceptors (Lipinski definition) is 5. The molecule has 220 valence electrons. The van der Waals surface area contributed by atoms with Crippen molar-refractivity contribution in [3.8, 4) is 5.75 Å². The van der Waals surface area contributed by atoms with Crippen molar-refractivity contribution in [1.82, 2.24) is 10.2 Å². The number of nitrogens with one attached hydrogen (secondary N) is 1. The normalized spacial score (nSPS) is 12.7. The minimum absolute atomic E-state index is 0.0700. The zero-order chi connectivity index (χ0) is 30.2. The third kappa shape index (κ3) is 7.67. The number of nitrogens with zero attached hydrogens (tertiary/aromatic N) is 2. The summed E-state index contributed by atoms with van der Waals surface area (Å²) in [7, 11) is -2.54. The number of sulfonamides is 1. The molecule has 0 spiro atoms. The van der Waals surface area contributed by atoms with E-state index in [-0.39, 0.29) is 23.4 Å². The Labute approximate surface area is 244 Å². The Morgan fingerprint density at radius 2 is 1.56 bits per heavy atom. The van der Waals surface area contributed by atoms with Crippen LogP contribution in [0.2, 0.25) is 0 Å². The molecule has 2 atom stereocenters. The highest BCUT2D eigenvalue weighted by Gasteiger charge is 2.34. The third-order valence-electron chi connectivity index (χ3n) is 7.35. The van der Waals surface area contributed by atoms with Gasteiger partial charge in [0.25, 0.3) is 10.0 Å². The molecule has 0 aliphatic rings. The summed E-state index contributed by atoms with van der Waals surface area (Å²) >= 11 is 0. The number of rotatable bonds is 13. The molecule has 0 bridgehead atoms. The van der Waals surface area contributed by atoms with Crippen LogP contribution < -0.4 is 14.4 Å². The summed E-state index contributed by atoms with van der Waals surface area (Å²) in [6.45, 7) is 9.13. The fraction of sp³-hybridized carbons (Fsp3) is 0.375. The Kier molecular flexibility index (Phi) is 10.9. The molecule has 1 N–H and O–H groups in total. The van der Waals surface area contributed by atoms with E-state index in [9.17, 15) is 18.0 Å². The van der Waals surface area contributed by atoms with Crippen LogP contribution in [0.1, 0.15) is 50.3 Å². The Bertz CT molecular complexity index is 1430. The number of aryl methyl sites for hydroxylation is 1. The van der Waals surface area contributed by atoms with Crippen molar-refractivity contribution in [3.05, 3.63) is 89.5 Å². The Morgan fingerprint density at radius 3 is 2.15 bits per heavy atom. The molecule has 0 aliphatic carbocycles. The lowest BCUT2D eigenvalue weighted by molar-refractivity contribution is -0.140. The maximum atomic E-state index is 14.2. The lowest BCUT2D eigenvalue weighted by Gasteiger charge is -2.34. The molecule has 2 amide bonds. The minimum atomic E-state index is -4.11. The largest absolute Gasteiger partial charge is 0.497 e. The molecule has 3 rings (SSSR count). The van der Waals surface area contributed by atoms with E-state index in [0.717, 1.165) is 27.4 Å². The highest BCUT2D eigenvalue weighted by atomic mass is 32.2. The lowest BCUT2D eigenvalue weighted by atomic mass is 10.1. The van der Waals surface area contributed by atoms with Crippen molar-refractivity contribution < 1.29 is 22.7 Å². The Hall–Kier alpha value is -3.85. The number of methoxy groups -OCH3 is 1. The zero-order valence-electron chi connectivity index (χ0n) is 24.8. The monoisotopic (exact) mass is 579 g/mol. The smallest absolute Gasteiger partial charge is 0.264 e. The van der Waals surface area contributed by atoms with Gasteiger partial charge in [-0.25, -0.2) is 8.42 Å². The maximum Gasteiger partial charge on any atom is 0.264 e. The van der Waals surface area contributed by atoms with E-state index in [0.29, 0.717) is 17.9 Å². The van der Waals surface area contributed by atoms with Crippen molar-refractivity contribution in [3.63, 3.8) is 0 Å². The summed E-state index contributed by atoms with van der Waals surface area (Å²) in [5.41, 5.74) is 2.86. The van der Waals surface area contributed by atoms with Gasteiger partial charge in [0, 0.05) is 12.6 Å². The third-order valence-corrected chi connectivity index (χ3v) is 9.13. The van der Waals surface area contributed by atoms with Crippen molar-refractivity contribution in [2.75, 3.05) is 18.0 Å². The minimum Gasteiger partial charge on any atom is -0.497 e. The SMILES string of the molecule is CC[C@H](C)NC(=O)[C@H](CC)N(Cc1ccc(OC)cc1)C(=O)CN(c1cccc(C)c1C)S(=O)(=O)c1ccccc1. The van der Waals surface area contributed by atoms with E-state index < -0.39 is 28.5 Å².